The molecule has 1 aliphatic rings. The molecule has 2 atom stereocenters. The zero-order valence-electron chi connectivity index (χ0n) is 9.59. The maximum atomic E-state index is 8.86. The third-order valence-corrected chi connectivity index (χ3v) is 2.44. The highest BCUT2D eigenvalue weighted by Gasteiger charge is 2.19. The molecular weight excluding hydrogens is 220 g/mol. The minimum atomic E-state index is -0.0210. The van der Waals surface area contributed by atoms with Crippen LogP contribution < -0.4 is 10.1 Å². The lowest BCUT2D eigenvalue weighted by Crippen LogP contribution is -2.45. The first-order valence-electron chi connectivity index (χ1n) is 5.50. The fourth-order valence-electron chi connectivity index (χ4n) is 1.65. The molecule has 0 aliphatic carbocycles. The van der Waals surface area contributed by atoms with Crippen LogP contribution in [-0.4, -0.2) is 42.1 Å². The lowest BCUT2D eigenvalue weighted by Gasteiger charge is -2.28. The topological polar surface area (TPSA) is 80.1 Å². The summed E-state index contributed by atoms with van der Waals surface area (Å²) >= 11 is 0. The van der Waals surface area contributed by atoms with Gasteiger partial charge in [-0.15, -0.1) is 5.10 Å². The van der Waals surface area contributed by atoms with Gasteiger partial charge in [0, 0.05) is 13.1 Å². The molecule has 1 aliphatic heterocycles. The van der Waals surface area contributed by atoms with Crippen LogP contribution in [0.5, 0.6) is 5.88 Å². The van der Waals surface area contributed by atoms with Crippen LogP contribution in [0, 0.1) is 11.3 Å². The summed E-state index contributed by atoms with van der Waals surface area (Å²) in [4.78, 5) is 0. The standard InChI is InChI=1S/C11H14N4O2/c1-8-5-13-6-10(17-8)7-16-11-9(4-12)2-3-14-15-11/h2-3,8,10,13H,5-7H2,1H3. The molecule has 1 N–H and O–H groups in total. The van der Waals surface area contributed by atoms with Crippen molar-refractivity contribution in [2.75, 3.05) is 19.7 Å². The number of nitriles is 1. The van der Waals surface area contributed by atoms with Crippen LogP contribution in [0.2, 0.25) is 0 Å². The highest BCUT2D eigenvalue weighted by Crippen LogP contribution is 2.12. The van der Waals surface area contributed by atoms with Crippen LogP contribution in [0.15, 0.2) is 12.3 Å². The van der Waals surface area contributed by atoms with E-state index in [0.717, 1.165) is 13.1 Å². The maximum Gasteiger partial charge on any atom is 0.251 e. The van der Waals surface area contributed by atoms with Crippen molar-refractivity contribution in [3.05, 3.63) is 17.8 Å². The Morgan fingerprint density at radius 3 is 3.29 bits per heavy atom. The molecule has 0 bridgehead atoms. The molecule has 0 amide bonds. The summed E-state index contributed by atoms with van der Waals surface area (Å²) in [5, 5.41) is 19.6. The van der Waals surface area contributed by atoms with Gasteiger partial charge in [0.1, 0.15) is 24.3 Å². The van der Waals surface area contributed by atoms with Gasteiger partial charge in [0.15, 0.2) is 0 Å². The number of rotatable bonds is 3. The van der Waals surface area contributed by atoms with Gasteiger partial charge in [-0.2, -0.15) is 10.4 Å². The first kappa shape index (κ1) is 11.8. The summed E-state index contributed by atoms with van der Waals surface area (Å²) in [6.07, 6.45) is 1.62. The molecule has 2 heterocycles. The maximum absolute atomic E-state index is 8.86. The second-order valence-electron chi connectivity index (χ2n) is 3.90. The van der Waals surface area contributed by atoms with E-state index in [1.165, 1.54) is 6.20 Å². The Balaban J connectivity index is 1.91. The Kier molecular flexibility index (Phi) is 3.85. The van der Waals surface area contributed by atoms with Gasteiger partial charge in [-0.3, -0.25) is 0 Å². The van der Waals surface area contributed by atoms with Gasteiger partial charge >= 0.3 is 0 Å². The number of aromatic nitrogens is 2. The molecule has 1 saturated heterocycles. The third-order valence-electron chi connectivity index (χ3n) is 2.44. The van der Waals surface area contributed by atoms with Gasteiger partial charge in [-0.05, 0) is 13.0 Å². The molecule has 0 saturated carbocycles. The highest BCUT2D eigenvalue weighted by atomic mass is 16.5. The van der Waals surface area contributed by atoms with E-state index in [1.54, 1.807) is 6.07 Å². The van der Waals surface area contributed by atoms with Gasteiger partial charge in [0.25, 0.3) is 5.88 Å². The van der Waals surface area contributed by atoms with E-state index < -0.39 is 0 Å². The molecule has 1 aromatic heterocycles. The van der Waals surface area contributed by atoms with E-state index >= 15 is 0 Å². The summed E-state index contributed by atoms with van der Waals surface area (Å²) in [6, 6.07) is 3.58. The largest absolute Gasteiger partial charge is 0.473 e. The molecule has 0 radical (unpaired) electrons. The molecule has 0 aromatic carbocycles. The Labute approximate surface area is 99.6 Å². The van der Waals surface area contributed by atoms with E-state index in [9.17, 15) is 0 Å². The predicted molar refractivity (Wildman–Crippen MR) is 59.4 cm³/mol. The molecule has 6 nitrogen and oxygen atoms in total. The van der Waals surface area contributed by atoms with Crippen LogP contribution in [0.3, 0.4) is 0 Å². The van der Waals surface area contributed by atoms with Gasteiger partial charge in [0.05, 0.1) is 12.3 Å². The van der Waals surface area contributed by atoms with Crippen molar-refractivity contribution >= 4 is 0 Å². The van der Waals surface area contributed by atoms with E-state index in [4.69, 9.17) is 14.7 Å². The lowest BCUT2D eigenvalue weighted by molar-refractivity contribution is -0.0478. The second kappa shape index (κ2) is 5.57. The number of nitrogens with zero attached hydrogens (tertiary/aromatic N) is 3. The molecule has 2 unspecified atom stereocenters. The number of hydrogen-bond acceptors (Lipinski definition) is 6. The minimum absolute atomic E-state index is 0.0210. The van der Waals surface area contributed by atoms with Crippen LogP contribution >= 0.6 is 0 Å². The normalized spacial score (nSPS) is 24.0. The second-order valence-corrected chi connectivity index (χ2v) is 3.90. The smallest absolute Gasteiger partial charge is 0.251 e. The van der Waals surface area contributed by atoms with E-state index in [1.807, 2.05) is 13.0 Å². The van der Waals surface area contributed by atoms with Gasteiger partial charge in [-0.1, -0.05) is 0 Å². The fourth-order valence-corrected chi connectivity index (χ4v) is 1.65. The van der Waals surface area contributed by atoms with Crippen molar-refractivity contribution in [2.45, 2.75) is 19.1 Å². The van der Waals surface area contributed by atoms with Crippen molar-refractivity contribution in [1.82, 2.24) is 15.5 Å². The molecular formula is C11H14N4O2. The zero-order valence-corrected chi connectivity index (χ0v) is 9.59. The first-order chi connectivity index (χ1) is 8.29. The van der Waals surface area contributed by atoms with E-state index in [2.05, 4.69) is 15.5 Å². The molecule has 6 heteroatoms. The summed E-state index contributed by atoms with van der Waals surface area (Å²) < 4.78 is 11.1. The van der Waals surface area contributed by atoms with Gasteiger partial charge in [0.2, 0.25) is 0 Å². The molecule has 17 heavy (non-hydrogen) atoms. The Hall–Kier alpha value is -1.71. The van der Waals surface area contributed by atoms with Crippen molar-refractivity contribution in [3.8, 4) is 11.9 Å². The number of hydrogen-bond donors (Lipinski definition) is 1. The van der Waals surface area contributed by atoms with Crippen LogP contribution in [-0.2, 0) is 4.74 Å². The first-order valence-corrected chi connectivity index (χ1v) is 5.50. The van der Waals surface area contributed by atoms with Crippen LogP contribution in [0.4, 0.5) is 0 Å². The predicted octanol–water partition coefficient (Wildman–Crippen LogP) is 0.104. The number of morpholine rings is 1. The summed E-state index contributed by atoms with van der Waals surface area (Å²) in [5.41, 5.74) is 0.386. The minimum Gasteiger partial charge on any atom is -0.473 e. The molecule has 90 valence electrons. The van der Waals surface area contributed by atoms with Crippen molar-refractivity contribution in [2.24, 2.45) is 0 Å². The average molecular weight is 234 g/mol. The number of nitrogens with one attached hydrogen (secondary N) is 1. The fraction of sp³-hybridized carbons (Fsp3) is 0.545. The monoisotopic (exact) mass is 234 g/mol. The molecule has 0 spiro atoms. The van der Waals surface area contributed by atoms with E-state index in [-0.39, 0.29) is 18.1 Å². The van der Waals surface area contributed by atoms with Gasteiger partial charge < -0.3 is 14.8 Å². The van der Waals surface area contributed by atoms with Crippen molar-refractivity contribution < 1.29 is 9.47 Å². The van der Waals surface area contributed by atoms with Crippen LogP contribution in [0.1, 0.15) is 12.5 Å². The van der Waals surface area contributed by atoms with Gasteiger partial charge in [-0.25, -0.2) is 0 Å². The summed E-state index contributed by atoms with van der Waals surface area (Å²) in [6.45, 7) is 3.96. The Morgan fingerprint density at radius 1 is 1.65 bits per heavy atom. The van der Waals surface area contributed by atoms with Crippen molar-refractivity contribution in [3.63, 3.8) is 0 Å². The Morgan fingerprint density at radius 2 is 2.53 bits per heavy atom. The Bertz CT molecular complexity index is 418. The third kappa shape index (κ3) is 3.12. The molecule has 1 fully saturated rings. The summed E-state index contributed by atoms with van der Waals surface area (Å²) in [7, 11) is 0. The quantitative estimate of drug-likeness (QED) is 0.799. The SMILES string of the molecule is CC1CNCC(COc2nnccc2C#N)O1. The van der Waals surface area contributed by atoms with Crippen molar-refractivity contribution in [1.29, 1.82) is 5.26 Å². The molecule has 2 rings (SSSR count). The summed E-state index contributed by atoms with van der Waals surface area (Å²) in [5.74, 6) is 0.261. The average Bonchev–Trinajstić information content (AvgIpc) is 2.37. The number of ether oxygens (including phenoxy) is 2. The van der Waals surface area contributed by atoms with E-state index in [0.29, 0.717) is 12.2 Å². The molecule has 1 aromatic rings. The zero-order chi connectivity index (χ0) is 12.1. The highest BCUT2D eigenvalue weighted by molar-refractivity contribution is 5.35. The van der Waals surface area contributed by atoms with Crippen LogP contribution in [0.25, 0.3) is 0 Å². The lowest BCUT2D eigenvalue weighted by atomic mass is 10.2.